The van der Waals surface area contributed by atoms with Crippen LogP contribution in [-0.4, -0.2) is 48.8 Å². The predicted octanol–water partition coefficient (Wildman–Crippen LogP) is 3.27. The van der Waals surface area contributed by atoms with Gasteiger partial charge in [-0.3, -0.25) is 14.9 Å². The quantitative estimate of drug-likeness (QED) is 0.372. The Labute approximate surface area is 186 Å². The predicted molar refractivity (Wildman–Crippen MR) is 117 cm³/mol. The minimum atomic E-state index is -3.89. The van der Waals surface area contributed by atoms with Gasteiger partial charge in [0, 0.05) is 24.5 Å². The average Bonchev–Trinajstić information content (AvgIpc) is 2.77. The Balaban J connectivity index is 1.84. The molecule has 0 atom stereocenters. The summed E-state index contributed by atoms with van der Waals surface area (Å²) in [5.74, 6) is 2.84. The summed E-state index contributed by atoms with van der Waals surface area (Å²) in [5, 5.41) is 9.57. The maximum Gasteiger partial charge on any atom is 0.244 e. The van der Waals surface area contributed by atoms with Crippen LogP contribution in [-0.2, 0) is 14.6 Å². The van der Waals surface area contributed by atoms with Gasteiger partial charge in [-0.15, -0.1) is 6.42 Å². The van der Waals surface area contributed by atoms with Gasteiger partial charge in [-0.1, -0.05) is 17.5 Å². The number of carbonyl (C=O) groups is 1. The summed E-state index contributed by atoms with van der Waals surface area (Å²) in [5.41, 5.74) is 1.56. The van der Waals surface area contributed by atoms with Crippen molar-refractivity contribution in [3.63, 3.8) is 0 Å². The van der Waals surface area contributed by atoms with Crippen LogP contribution >= 0.6 is 11.6 Å². The van der Waals surface area contributed by atoms with Crippen molar-refractivity contribution >= 4 is 27.3 Å². The van der Waals surface area contributed by atoms with Crippen LogP contribution in [0.1, 0.15) is 19.3 Å². The highest BCUT2D eigenvalue weighted by Crippen LogP contribution is 2.39. The molecule has 1 saturated heterocycles. The molecule has 2 aromatic carbocycles. The Morgan fingerprint density at radius 1 is 1.13 bits per heavy atom. The number of halogens is 1. The fraction of sp³-hybridized carbons (Fsp3) is 0.318. The van der Waals surface area contributed by atoms with Crippen molar-refractivity contribution in [2.24, 2.45) is 0 Å². The summed E-state index contributed by atoms with van der Waals surface area (Å²) in [6.07, 6.45) is 5.48. The molecule has 1 fully saturated rings. The van der Waals surface area contributed by atoms with Crippen molar-refractivity contribution in [3.8, 4) is 23.8 Å². The average molecular weight is 463 g/mol. The number of carbonyl (C=O) groups excluding carboxylic acids is 1. The van der Waals surface area contributed by atoms with E-state index in [4.69, 9.17) is 28.0 Å². The number of terminal acetylenes is 1. The third-order valence-electron chi connectivity index (χ3n) is 5.44. The van der Waals surface area contributed by atoms with Crippen molar-refractivity contribution in [3.05, 3.63) is 53.6 Å². The van der Waals surface area contributed by atoms with E-state index in [9.17, 15) is 13.2 Å². The van der Waals surface area contributed by atoms with Gasteiger partial charge in [0.25, 0.3) is 0 Å². The van der Waals surface area contributed by atoms with Gasteiger partial charge in [0.1, 0.15) is 11.5 Å². The van der Waals surface area contributed by atoms with E-state index in [1.807, 2.05) is 4.90 Å². The zero-order valence-electron chi connectivity index (χ0n) is 16.8. The molecular weight excluding hydrogens is 440 g/mol. The lowest BCUT2D eigenvalue weighted by molar-refractivity contribution is -0.130. The minimum absolute atomic E-state index is 0.0899. The monoisotopic (exact) mass is 462 g/mol. The maximum atomic E-state index is 13.6. The summed E-state index contributed by atoms with van der Waals surface area (Å²) < 4.78 is 31.5. The number of rotatable bonds is 7. The first kappa shape index (κ1) is 23.1. The van der Waals surface area contributed by atoms with Gasteiger partial charge in [0.05, 0.1) is 16.2 Å². The first-order valence-electron chi connectivity index (χ1n) is 9.66. The second-order valence-corrected chi connectivity index (χ2v) is 10.2. The van der Waals surface area contributed by atoms with Gasteiger partial charge >= 0.3 is 0 Å². The van der Waals surface area contributed by atoms with Crippen molar-refractivity contribution in [1.82, 2.24) is 10.4 Å². The molecule has 1 amide bonds. The molecule has 0 unspecified atom stereocenters. The van der Waals surface area contributed by atoms with E-state index in [0.29, 0.717) is 36.2 Å². The minimum Gasteiger partial charge on any atom is -0.457 e. The zero-order valence-corrected chi connectivity index (χ0v) is 18.3. The van der Waals surface area contributed by atoms with E-state index in [1.165, 1.54) is 12.1 Å². The fourth-order valence-electron chi connectivity index (χ4n) is 3.70. The molecule has 0 radical (unpaired) electrons. The van der Waals surface area contributed by atoms with Gasteiger partial charge in [-0.05, 0) is 61.4 Å². The van der Waals surface area contributed by atoms with Crippen LogP contribution in [0.4, 0.5) is 0 Å². The van der Waals surface area contributed by atoms with E-state index < -0.39 is 20.5 Å². The summed E-state index contributed by atoms with van der Waals surface area (Å²) in [6.45, 7) is 1.30. The Morgan fingerprint density at radius 3 is 2.19 bits per heavy atom. The molecule has 0 aromatic heterocycles. The number of hydrogen-bond acceptors (Lipinski definition) is 6. The standard InChI is InChI=1S/C22H23ClN2O5S/c1-2-13-25-14-11-22(12-15-25,16-21(26)24-27)31(28,29)20-9-7-19(8-10-20)30-18-5-3-17(23)4-6-18/h1,3-10,27H,11-16H2,(H,24,26). The van der Waals surface area contributed by atoms with E-state index in [-0.39, 0.29) is 24.2 Å². The molecule has 31 heavy (non-hydrogen) atoms. The van der Waals surface area contributed by atoms with E-state index >= 15 is 0 Å². The number of nitrogens with zero attached hydrogens (tertiary/aromatic N) is 1. The lowest BCUT2D eigenvalue weighted by Crippen LogP contribution is -2.51. The first-order valence-corrected chi connectivity index (χ1v) is 11.5. The zero-order chi connectivity index (χ0) is 22.5. The van der Waals surface area contributed by atoms with Crippen LogP contribution in [0.3, 0.4) is 0 Å². The fourth-order valence-corrected chi connectivity index (χ4v) is 5.86. The molecule has 2 aromatic rings. The van der Waals surface area contributed by atoms with Crippen molar-refractivity contribution in [1.29, 1.82) is 0 Å². The third-order valence-corrected chi connectivity index (χ3v) is 8.28. The van der Waals surface area contributed by atoms with Gasteiger partial charge in [-0.2, -0.15) is 0 Å². The van der Waals surface area contributed by atoms with Gasteiger partial charge in [0.2, 0.25) is 5.91 Å². The molecule has 7 nitrogen and oxygen atoms in total. The lowest BCUT2D eigenvalue weighted by Gasteiger charge is -2.40. The summed E-state index contributed by atoms with van der Waals surface area (Å²) >= 11 is 5.87. The molecule has 1 aliphatic heterocycles. The number of nitrogens with one attached hydrogen (secondary N) is 1. The molecule has 164 valence electrons. The number of hydroxylamine groups is 1. The lowest BCUT2D eigenvalue weighted by atomic mass is 9.92. The Kier molecular flexibility index (Phi) is 7.23. The molecule has 1 aliphatic rings. The van der Waals surface area contributed by atoms with Crippen molar-refractivity contribution in [2.45, 2.75) is 28.9 Å². The molecule has 0 spiro atoms. The van der Waals surface area contributed by atoms with Crippen LogP contribution in [0.25, 0.3) is 0 Å². The summed E-state index contributed by atoms with van der Waals surface area (Å²) in [4.78, 5) is 14.0. The topological polar surface area (TPSA) is 95.9 Å². The molecule has 9 heteroatoms. The highest BCUT2D eigenvalue weighted by molar-refractivity contribution is 7.92. The number of ether oxygens (including phenoxy) is 1. The summed E-state index contributed by atoms with van der Waals surface area (Å²) in [7, 11) is -3.89. The third kappa shape index (κ3) is 5.20. The van der Waals surface area contributed by atoms with E-state index in [1.54, 1.807) is 41.9 Å². The highest BCUT2D eigenvalue weighted by atomic mass is 35.5. The SMILES string of the molecule is C#CCN1CCC(CC(=O)NO)(S(=O)(=O)c2ccc(Oc3ccc(Cl)cc3)cc2)CC1. The number of likely N-dealkylation sites (tertiary alicyclic amines) is 1. The maximum absolute atomic E-state index is 13.6. The van der Waals surface area contributed by atoms with Crippen LogP contribution in [0.2, 0.25) is 5.02 Å². The van der Waals surface area contributed by atoms with E-state index in [0.717, 1.165) is 0 Å². The number of sulfone groups is 1. The van der Waals surface area contributed by atoms with Gasteiger partial charge in [-0.25, -0.2) is 13.9 Å². The Bertz CT molecular complexity index is 1050. The molecule has 0 aliphatic carbocycles. The molecule has 3 rings (SSSR count). The first-order chi connectivity index (χ1) is 14.8. The van der Waals surface area contributed by atoms with Gasteiger partial charge < -0.3 is 4.74 Å². The van der Waals surface area contributed by atoms with Crippen LogP contribution in [0.5, 0.6) is 11.5 Å². The largest absolute Gasteiger partial charge is 0.457 e. The van der Waals surface area contributed by atoms with Crippen LogP contribution in [0, 0.1) is 12.3 Å². The second-order valence-electron chi connectivity index (χ2n) is 7.41. The number of benzene rings is 2. The summed E-state index contributed by atoms with van der Waals surface area (Å²) in [6, 6.07) is 12.9. The number of hydrogen-bond donors (Lipinski definition) is 2. The second kappa shape index (κ2) is 9.71. The molecule has 2 N–H and O–H groups in total. The number of amides is 1. The van der Waals surface area contributed by atoms with Gasteiger partial charge in [0.15, 0.2) is 9.84 Å². The number of piperidine rings is 1. The molecule has 0 bridgehead atoms. The van der Waals surface area contributed by atoms with E-state index in [2.05, 4.69) is 5.92 Å². The molecule has 0 saturated carbocycles. The van der Waals surface area contributed by atoms with Crippen molar-refractivity contribution in [2.75, 3.05) is 19.6 Å². The van der Waals surface area contributed by atoms with Crippen LogP contribution < -0.4 is 10.2 Å². The van der Waals surface area contributed by atoms with Crippen LogP contribution in [0.15, 0.2) is 53.4 Å². The Morgan fingerprint density at radius 2 is 1.68 bits per heavy atom. The molecule has 1 heterocycles. The normalized spacial score (nSPS) is 16.3. The smallest absolute Gasteiger partial charge is 0.244 e. The molecular formula is C22H23ClN2O5S. The van der Waals surface area contributed by atoms with Crippen molar-refractivity contribution < 1.29 is 23.2 Å². The Hall–Kier alpha value is -2.57. The highest BCUT2D eigenvalue weighted by Gasteiger charge is 2.48.